The van der Waals surface area contributed by atoms with Gasteiger partial charge in [0.15, 0.2) is 0 Å². The zero-order valence-corrected chi connectivity index (χ0v) is 18.9. The van der Waals surface area contributed by atoms with Crippen LogP contribution in [-0.4, -0.2) is 31.7 Å². The molecule has 0 saturated carbocycles. The minimum absolute atomic E-state index is 0.0260. The SMILES string of the molecule is CC(NC(=O)Cc1ccc(S(=O)(=O)N2CCCCC2)s1)c1cc(F)c(Cl)cc1Cl. The molecule has 1 aliphatic heterocycles. The van der Waals surface area contributed by atoms with Crippen molar-refractivity contribution in [1.82, 2.24) is 9.62 Å². The number of hydrogen-bond donors (Lipinski definition) is 1. The number of sulfonamides is 1. The highest BCUT2D eigenvalue weighted by molar-refractivity contribution is 7.91. The van der Waals surface area contributed by atoms with Crippen molar-refractivity contribution in [2.45, 2.75) is 42.9 Å². The van der Waals surface area contributed by atoms with Gasteiger partial charge in [0.05, 0.1) is 17.5 Å². The van der Waals surface area contributed by atoms with E-state index in [0.717, 1.165) is 30.6 Å². The average molecular weight is 479 g/mol. The molecule has 2 aromatic rings. The molecule has 0 spiro atoms. The summed E-state index contributed by atoms with van der Waals surface area (Å²) in [6, 6.07) is 5.17. The Labute approximate surface area is 183 Å². The minimum atomic E-state index is -3.51. The Hall–Kier alpha value is -1.19. The Morgan fingerprint density at radius 1 is 1.21 bits per heavy atom. The van der Waals surface area contributed by atoms with Gasteiger partial charge < -0.3 is 5.32 Å². The second kappa shape index (κ2) is 9.31. The molecular weight excluding hydrogens is 458 g/mol. The second-order valence-electron chi connectivity index (χ2n) is 6.94. The van der Waals surface area contributed by atoms with Crippen molar-refractivity contribution in [1.29, 1.82) is 0 Å². The van der Waals surface area contributed by atoms with E-state index in [0.29, 0.717) is 23.5 Å². The molecule has 1 amide bonds. The van der Waals surface area contributed by atoms with Crippen LogP contribution in [0.4, 0.5) is 4.39 Å². The fourth-order valence-electron chi connectivity index (χ4n) is 3.22. The van der Waals surface area contributed by atoms with Gasteiger partial charge in [-0.3, -0.25) is 4.79 Å². The van der Waals surface area contributed by atoms with Crippen LogP contribution in [0.5, 0.6) is 0 Å². The molecule has 10 heteroatoms. The van der Waals surface area contributed by atoms with Gasteiger partial charge in [-0.15, -0.1) is 11.3 Å². The normalized spacial score (nSPS) is 16.6. The summed E-state index contributed by atoms with van der Waals surface area (Å²) in [6.45, 7) is 2.76. The van der Waals surface area contributed by atoms with Crippen LogP contribution < -0.4 is 5.32 Å². The Morgan fingerprint density at radius 3 is 2.59 bits per heavy atom. The lowest BCUT2D eigenvalue weighted by atomic mass is 10.1. The molecule has 158 valence electrons. The van der Waals surface area contributed by atoms with Gasteiger partial charge in [-0.05, 0) is 49.6 Å². The molecule has 1 aliphatic rings. The topological polar surface area (TPSA) is 66.5 Å². The van der Waals surface area contributed by atoms with E-state index >= 15 is 0 Å². The van der Waals surface area contributed by atoms with Crippen LogP contribution in [0.1, 0.15) is 42.7 Å². The zero-order valence-electron chi connectivity index (χ0n) is 15.8. The molecule has 1 atom stereocenters. The van der Waals surface area contributed by atoms with Gasteiger partial charge >= 0.3 is 0 Å². The van der Waals surface area contributed by atoms with Gasteiger partial charge in [-0.25, -0.2) is 12.8 Å². The van der Waals surface area contributed by atoms with E-state index in [4.69, 9.17) is 23.2 Å². The molecule has 1 aromatic carbocycles. The number of nitrogens with zero attached hydrogens (tertiary/aromatic N) is 1. The molecule has 1 unspecified atom stereocenters. The van der Waals surface area contributed by atoms with Gasteiger partial charge in [0.25, 0.3) is 10.0 Å². The van der Waals surface area contributed by atoms with Crippen molar-refractivity contribution in [3.63, 3.8) is 0 Å². The molecule has 0 bridgehead atoms. The van der Waals surface area contributed by atoms with Crippen LogP contribution in [0.3, 0.4) is 0 Å². The van der Waals surface area contributed by atoms with Gasteiger partial charge in [-0.1, -0.05) is 29.6 Å². The van der Waals surface area contributed by atoms with Crippen molar-refractivity contribution in [3.8, 4) is 0 Å². The fraction of sp³-hybridized carbons (Fsp3) is 0.421. The lowest BCUT2D eigenvalue weighted by Crippen LogP contribution is -2.35. The summed E-state index contributed by atoms with van der Waals surface area (Å²) < 4.78 is 40.9. The maximum absolute atomic E-state index is 13.7. The number of piperidine rings is 1. The molecule has 1 fully saturated rings. The number of nitrogens with one attached hydrogen (secondary N) is 1. The van der Waals surface area contributed by atoms with E-state index in [9.17, 15) is 17.6 Å². The van der Waals surface area contributed by atoms with Crippen LogP contribution in [0.25, 0.3) is 0 Å². The highest BCUT2D eigenvalue weighted by Gasteiger charge is 2.27. The number of halogens is 3. The number of benzene rings is 1. The summed E-state index contributed by atoms with van der Waals surface area (Å²) in [5.74, 6) is -0.925. The molecule has 1 N–H and O–H groups in total. The first kappa shape index (κ1) is 22.5. The highest BCUT2D eigenvalue weighted by atomic mass is 35.5. The monoisotopic (exact) mass is 478 g/mol. The molecule has 5 nitrogen and oxygen atoms in total. The van der Waals surface area contributed by atoms with E-state index in [-0.39, 0.29) is 26.6 Å². The Balaban J connectivity index is 1.65. The Bertz CT molecular complexity index is 1000. The molecule has 0 aliphatic carbocycles. The van der Waals surface area contributed by atoms with Gasteiger partial charge in [-0.2, -0.15) is 4.31 Å². The standard InChI is InChI=1S/C19H21Cl2FN2O3S2/c1-12(14-10-17(22)16(21)11-15(14)20)23-18(25)9-13-5-6-19(28-13)29(26,27)24-7-3-2-4-8-24/h5-6,10-12H,2-4,7-9H2,1H3,(H,23,25). The first-order chi connectivity index (χ1) is 13.7. The fourth-order valence-corrected chi connectivity index (χ4v) is 6.80. The van der Waals surface area contributed by atoms with Gasteiger partial charge in [0.1, 0.15) is 10.0 Å². The maximum Gasteiger partial charge on any atom is 0.252 e. The van der Waals surface area contributed by atoms with Crippen molar-refractivity contribution in [3.05, 3.63) is 50.6 Å². The van der Waals surface area contributed by atoms with E-state index in [1.807, 2.05) is 0 Å². The van der Waals surface area contributed by atoms with Crippen LogP contribution in [-0.2, 0) is 21.2 Å². The number of amides is 1. The van der Waals surface area contributed by atoms with Crippen LogP contribution in [0, 0.1) is 5.82 Å². The van der Waals surface area contributed by atoms with Crippen molar-refractivity contribution < 1.29 is 17.6 Å². The summed E-state index contributed by atoms with van der Waals surface area (Å²) in [7, 11) is -3.51. The first-order valence-electron chi connectivity index (χ1n) is 9.21. The molecular formula is C19H21Cl2FN2O3S2. The summed E-state index contributed by atoms with van der Waals surface area (Å²) in [4.78, 5) is 13.0. The van der Waals surface area contributed by atoms with Crippen molar-refractivity contribution in [2.24, 2.45) is 0 Å². The van der Waals surface area contributed by atoms with Crippen LogP contribution in [0.15, 0.2) is 28.5 Å². The predicted octanol–water partition coefficient (Wildman–Crippen LogP) is 4.79. The van der Waals surface area contributed by atoms with Crippen molar-refractivity contribution >= 4 is 50.5 Å². The molecule has 0 radical (unpaired) electrons. The summed E-state index contributed by atoms with van der Waals surface area (Å²) in [6.07, 6.45) is 2.80. The lowest BCUT2D eigenvalue weighted by Gasteiger charge is -2.25. The molecule has 2 heterocycles. The Morgan fingerprint density at radius 2 is 1.90 bits per heavy atom. The molecule has 1 aromatic heterocycles. The largest absolute Gasteiger partial charge is 0.349 e. The van der Waals surface area contributed by atoms with Crippen molar-refractivity contribution in [2.75, 3.05) is 13.1 Å². The first-order valence-corrected chi connectivity index (χ1v) is 12.2. The quantitative estimate of drug-likeness (QED) is 0.606. The van der Waals surface area contributed by atoms with E-state index in [1.54, 1.807) is 19.1 Å². The Kier molecular flexibility index (Phi) is 7.22. The molecule has 1 saturated heterocycles. The smallest absolute Gasteiger partial charge is 0.252 e. The highest BCUT2D eigenvalue weighted by Crippen LogP contribution is 2.30. The van der Waals surface area contributed by atoms with Crippen LogP contribution in [0.2, 0.25) is 10.0 Å². The number of carbonyl (C=O) groups is 1. The third kappa shape index (κ3) is 5.30. The number of hydrogen-bond acceptors (Lipinski definition) is 4. The zero-order chi connectivity index (χ0) is 21.2. The summed E-state index contributed by atoms with van der Waals surface area (Å²) in [5, 5.41) is 2.93. The summed E-state index contributed by atoms with van der Waals surface area (Å²) in [5.41, 5.74) is 0.418. The van der Waals surface area contributed by atoms with Gasteiger partial charge in [0.2, 0.25) is 5.91 Å². The number of carbonyl (C=O) groups excluding carboxylic acids is 1. The van der Waals surface area contributed by atoms with E-state index in [2.05, 4.69) is 5.32 Å². The number of rotatable bonds is 6. The van der Waals surface area contributed by atoms with E-state index in [1.165, 1.54) is 16.4 Å². The molecule has 3 rings (SSSR count). The second-order valence-corrected chi connectivity index (χ2v) is 11.1. The average Bonchev–Trinajstić information content (AvgIpc) is 3.14. The van der Waals surface area contributed by atoms with Gasteiger partial charge in [0, 0.05) is 23.0 Å². The molecule has 29 heavy (non-hydrogen) atoms. The van der Waals surface area contributed by atoms with Crippen LogP contribution >= 0.6 is 34.5 Å². The summed E-state index contributed by atoms with van der Waals surface area (Å²) >= 11 is 12.9. The van der Waals surface area contributed by atoms with E-state index < -0.39 is 21.9 Å². The lowest BCUT2D eigenvalue weighted by molar-refractivity contribution is -0.121. The third-order valence-electron chi connectivity index (χ3n) is 4.76. The minimum Gasteiger partial charge on any atom is -0.349 e. The number of thiophene rings is 1. The third-order valence-corrected chi connectivity index (χ3v) is 8.83. The predicted molar refractivity (Wildman–Crippen MR) is 114 cm³/mol. The maximum atomic E-state index is 13.7.